The number of hydrogen-bond acceptors (Lipinski definition) is 2. The molecule has 0 radical (unpaired) electrons. The Hall–Kier alpha value is -1.09. The number of aryl methyl sites for hydroxylation is 1. The van der Waals surface area contributed by atoms with Crippen LogP contribution >= 0.6 is 0 Å². The molecule has 1 aliphatic carbocycles. The van der Waals surface area contributed by atoms with Gasteiger partial charge in [0.1, 0.15) is 11.6 Å². The minimum Gasteiger partial charge on any atom is -0.496 e. The molecule has 0 spiro atoms. The lowest BCUT2D eigenvalue weighted by atomic mass is 10.0. The first-order chi connectivity index (χ1) is 7.13. The summed E-state index contributed by atoms with van der Waals surface area (Å²) in [5.41, 5.74) is 0.499. The second kappa shape index (κ2) is 3.81. The van der Waals surface area contributed by atoms with Gasteiger partial charge in [0.05, 0.1) is 12.7 Å². The second-order valence-electron chi connectivity index (χ2n) is 4.18. The Morgan fingerprint density at radius 2 is 2.20 bits per heavy atom. The molecule has 0 atom stereocenters. The van der Waals surface area contributed by atoms with Crippen LogP contribution in [0.3, 0.4) is 0 Å². The maximum absolute atomic E-state index is 12.9. The monoisotopic (exact) mass is 210 g/mol. The molecule has 3 heteroatoms. The number of hydrogen-bond donors (Lipinski definition) is 1. The molecule has 15 heavy (non-hydrogen) atoms. The molecule has 1 aromatic rings. The van der Waals surface area contributed by atoms with Crippen molar-refractivity contribution in [1.29, 1.82) is 0 Å². The van der Waals surface area contributed by atoms with Gasteiger partial charge in [-0.3, -0.25) is 0 Å². The van der Waals surface area contributed by atoms with Crippen LogP contribution in [0.5, 0.6) is 5.75 Å². The van der Waals surface area contributed by atoms with E-state index < -0.39 is 5.60 Å². The molecule has 0 unspecified atom stereocenters. The third-order valence-electron chi connectivity index (χ3n) is 2.94. The van der Waals surface area contributed by atoms with Gasteiger partial charge in [-0.2, -0.15) is 0 Å². The molecule has 1 aliphatic rings. The molecule has 2 nitrogen and oxygen atoms in total. The summed E-state index contributed by atoms with van der Waals surface area (Å²) >= 11 is 0. The SMILES string of the molecule is COc1cc(F)ccc1CCC1(O)CC1. The quantitative estimate of drug-likeness (QED) is 0.826. The molecule has 1 aromatic carbocycles. The first-order valence-electron chi connectivity index (χ1n) is 5.18. The zero-order valence-corrected chi connectivity index (χ0v) is 8.79. The summed E-state index contributed by atoms with van der Waals surface area (Å²) < 4.78 is 18.0. The highest BCUT2D eigenvalue weighted by Gasteiger charge is 2.39. The Bertz CT molecular complexity index is 359. The molecule has 1 fully saturated rings. The Morgan fingerprint density at radius 3 is 2.80 bits per heavy atom. The van der Waals surface area contributed by atoms with E-state index in [1.54, 1.807) is 6.07 Å². The van der Waals surface area contributed by atoms with E-state index in [-0.39, 0.29) is 5.82 Å². The molecule has 1 N–H and O–H groups in total. The normalized spacial score (nSPS) is 17.5. The Kier molecular flexibility index (Phi) is 2.65. The van der Waals surface area contributed by atoms with Gasteiger partial charge < -0.3 is 9.84 Å². The standard InChI is InChI=1S/C12H15FO2/c1-15-11-8-10(13)3-2-9(11)4-5-12(14)6-7-12/h2-3,8,14H,4-7H2,1H3. The number of benzene rings is 1. The van der Waals surface area contributed by atoms with Crippen LogP contribution in [0.25, 0.3) is 0 Å². The van der Waals surface area contributed by atoms with E-state index in [0.717, 1.165) is 31.2 Å². The van der Waals surface area contributed by atoms with Crippen molar-refractivity contribution in [3.63, 3.8) is 0 Å². The van der Waals surface area contributed by atoms with Gasteiger partial charge in [-0.05, 0) is 37.3 Å². The van der Waals surface area contributed by atoms with E-state index in [2.05, 4.69) is 0 Å². The summed E-state index contributed by atoms with van der Waals surface area (Å²) in [7, 11) is 1.53. The highest BCUT2D eigenvalue weighted by Crippen LogP contribution is 2.39. The van der Waals surface area contributed by atoms with Crippen molar-refractivity contribution >= 4 is 0 Å². The second-order valence-corrected chi connectivity index (χ2v) is 4.18. The summed E-state index contributed by atoms with van der Waals surface area (Å²) in [4.78, 5) is 0. The average molecular weight is 210 g/mol. The van der Waals surface area contributed by atoms with Crippen molar-refractivity contribution < 1.29 is 14.2 Å². The minimum absolute atomic E-state index is 0.291. The number of methoxy groups -OCH3 is 1. The van der Waals surface area contributed by atoms with E-state index >= 15 is 0 Å². The fourth-order valence-electron chi connectivity index (χ4n) is 1.69. The molecule has 1 saturated carbocycles. The van der Waals surface area contributed by atoms with Gasteiger partial charge in [0.2, 0.25) is 0 Å². The zero-order valence-electron chi connectivity index (χ0n) is 8.79. The first kappa shape index (κ1) is 10.4. The smallest absolute Gasteiger partial charge is 0.126 e. The molecule has 2 rings (SSSR count). The van der Waals surface area contributed by atoms with Crippen LogP contribution in [0.2, 0.25) is 0 Å². The third-order valence-corrected chi connectivity index (χ3v) is 2.94. The lowest BCUT2D eigenvalue weighted by Gasteiger charge is -2.10. The van der Waals surface area contributed by atoms with Gasteiger partial charge >= 0.3 is 0 Å². The van der Waals surface area contributed by atoms with Crippen molar-refractivity contribution in [1.82, 2.24) is 0 Å². The number of ether oxygens (including phenoxy) is 1. The Balaban J connectivity index is 2.06. The van der Waals surface area contributed by atoms with E-state index in [9.17, 15) is 9.50 Å². The molecule has 82 valence electrons. The average Bonchev–Trinajstić information content (AvgIpc) is 2.95. The van der Waals surface area contributed by atoms with Crippen LogP contribution in [0.1, 0.15) is 24.8 Å². The van der Waals surface area contributed by atoms with Gasteiger partial charge in [0, 0.05) is 6.07 Å². The molecule has 0 bridgehead atoms. The van der Waals surface area contributed by atoms with Gasteiger partial charge in [-0.15, -0.1) is 0 Å². The van der Waals surface area contributed by atoms with Crippen molar-refractivity contribution in [3.05, 3.63) is 29.6 Å². The highest BCUT2D eigenvalue weighted by molar-refractivity contribution is 5.34. The summed E-state index contributed by atoms with van der Waals surface area (Å²) in [6.45, 7) is 0. The lowest BCUT2D eigenvalue weighted by molar-refractivity contribution is 0.140. The number of halogens is 1. The lowest BCUT2D eigenvalue weighted by Crippen LogP contribution is -2.08. The van der Waals surface area contributed by atoms with Crippen molar-refractivity contribution in [3.8, 4) is 5.75 Å². The predicted octanol–water partition coefficient (Wildman–Crippen LogP) is 2.29. The number of aliphatic hydroxyl groups is 1. The predicted molar refractivity (Wildman–Crippen MR) is 55.5 cm³/mol. The summed E-state index contributed by atoms with van der Waals surface area (Å²) in [5.74, 6) is 0.278. The largest absolute Gasteiger partial charge is 0.496 e. The first-order valence-corrected chi connectivity index (χ1v) is 5.18. The van der Waals surface area contributed by atoms with Gasteiger partial charge in [-0.25, -0.2) is 4.39 Å². The fourth-order valence-corrected chi connectivity index (χ4v) is 1.69. The highest BCUT2D eigenvalue weighted by atomic mass is 19.1. The van der Waals surface area contributed by atoms with Gasteiger partial charge in [0.25, 0.3) is 0 Å². The zero-order chi connectivity index (χ0) is 10.9. The maximum Gasteiger partial charge on any atom is 0.126 e. The Labute approximate surface area is 88.7 Å². The van der Waals surface area contributed by atoms with Crippen molar-refractivity contribution in [2.45, 2.75) is 31.3 Å². The molecular weight excluding hydrogens is 195 g/mol. The van der Waals surface area contributed by atoms with Gasteiger partial charge in [-0.1, -0.05) is 6.07 Å². The molecular formula is C12H15FO2. The van der Waals surface area contributed by atoms with Crippen molar-refractivity contribution in [2.75, 3.05) is 7.11 Å². The summed E-state index contributed by atoms with van der Waals surface area (Å²) in [6, 6.07) is 4.53. The minimum atomic E-state index is -0.459. The summed E-state index contributed by atoms with van der Waals surface area (Å²) in [6.07, 6.45) is 3.24. The number of rotatable bonds is 4. The van der Waals surface area contributed by atoms with Crippen LogP contribution in [0.15, 0.2) is 18.2 Å². The molecule has 0 heterocycles. The fraction of sp³-hybridized carbons (Fsp3) is 0.500. The molecule has 0 saturated heterocycles. The van der Waals surface area contributed by atoms with Crippen LogP contribution < -0.4 is 4.74 Å². The van der Waals surface area contributed by atoms with Crippen LogP contribution in [0.4, 0.5) is 4.39 Å². The van der Waals surface area contributed by atoms with Crippen LogP contribution in [-0.2, 0) is 6.42 Å². The van der Waals surface area contributed by atoms with Crippen molar-refractivity contribution in [2.24, 2.45) is 0 Å². The van der Waals surface area contributed by atoms with Crippen LogP contribution in [-0.4, -0.2) is 17.8 Å². The van der Waals surface area contributed by atoms with E-state index in [4.69, 9.17) is 4.74 Å². The van der Waals surface area contributed by atoms with E-state index in [0.29, 0.717) is 5.75 Å². The van der Waals surface area contributed by atoms with Crippen LogP contribution in [0, 0.1) is 5.82 Å². The van der Waals surface area contributed by atoms with E-state index in [1.807, 2.05) is 0 Å². The summed E-state index contributed by atoms with van der Waals surface area (Å²) in [5, 5.41) is 9.69. The maximum atomic E-state index is 12.9. The third kappa shape index (κ3) is 2.48. The molecule has 0 aromatic heterocycles. The van der Waals surface area contributed by atoms with Gasteiger partial charge in [0.15, 0.2) is 0 Å². The topological polar surface area (TPSA) is 29.5 Å². The molecule has 0 amide bonds. The molecule has 0 aliphatic heterocycles. The Morgan fingerprint density at radius 1 is 1.47 bits per heavy atom. The van der Waals surface area contributed by atoms with E-state index in [1.165, 1.54) is 19.2 Å².